The van der Waals surface area contributed by atoms with Crippen molar-refractivity contribution in [2.45, 2.75) is 40.3 Å². The van der Waals surface area contributed by atoms with Gasteiger partial charge in [-0.15, -0.1) is 0 Å². The fourth-order valence-electron chi connectivity index (χ4n) is 1.09. The molecule has 1 aromatic heterocycles. The molecule has 15 heavy (non-hydrogen) atoms. The average molecular weight is 208 g/mol. The van der Waals surface area contributed by atoms with E-state index in [1.54, 1.807) is 6.07 Å². The summed E-state index contributed by atoms with van der Waals surface area (Å²) in [6.45, 7) is 9.51. The van der Waals surface area contributed by atoms with Gasteiger partial charge in [0.1, 0.15) is 5.75 Å². The van der Waals surface area contributed by atoms with Crippen LogP contribution in [0.2, 0.25) is 0 Å². The van der Waals surface area contributed by atoms with Crippen molar-refractivity contribution in [2.75, 3.05) is 0 Å². The number of nitrogens with zero attached hydrogens (tertiary/aromatic N) is 1. The summed E-state index contributed by atoms with van der Waals surface area (Å²) in [5.41, 5.74) is 1.19. The van der Waals surface area contributed by atoms with E-state index >= 15 is 0 Å². The van der Waals surface area contributed by atoms with Crippen LogP contribution in [0, 0.1) is 5.41 Å². The van der Waals surface area contributed by atoms with Crippen LogP contribution in [-0.2, 0) is 6.54 Å². The predicted molar refractivity (Wildman–Crippen MR) is 61.7 cm³/mol. The highest BCUT2D eigenvalue weighted by Crippen LogP contribution is 2.18. The minimum atomic E-state index is 0.211. The van der Waals surface area contributed by atoms with E-state index < -0.39 is 0 Å². The Labute approximate surface area is 91.5 Å². The van der Waals surface area contributed by atoms with Gasteiger partial charge in [0.15, 0.2) is 0 Å². The van der Waals surface area contributed by atoms with Gasteiger partial charge in [0.25, 0.3) is 0 Å². The molecule has 1 rings (SSSR count). The van der Waals surface area contributed by atoms with Crippen LogP contribution in [0.4, 0.5) is 0 Å². The Hall–Kier alpha value is -1.09. The summed E-state index contributed by atoms with van der Waals surface area (Å²) in [5, 5.41) is 12.5. The second-order valence-corrected chi connectivity index (χ2v) is 4.98. The van der Waals surface area contributed by atoms with Gasteiger partial charge in [-0.3, -0.25) is 4.98 Å². The first kappa shape index (κ1) is 12.0. The Balaban J connectivity index is 2.47. The Bertz CT molecular complexity index is 300. The van der Waals surface area contributed by atoms with E-state index in [0.29, 0.717) is 6.04 Å². The molecule has 1 heterocycles. The van der Waals surface area contributed by atoms with Gasteiger partial charge in [0.2, 0.25) is 0 Å². The molecule has 2 N–H and O–H groups in total. The topological polar surface area (TPSA) is 45.1 Å². The SMILES string of the molecule is CC(NCc1ccc(O)cn1)C(C)(C)C. The third-order valence-corrected chi connectivity index (χ3v) is 2.70. The van der Waals surface area contributed by atoms with Crippen LogP contribution in [-0.4, -0.2) is 16.1 Å². The second kappa shape index (κ2) is 4.62. The van der Waals surface area contributed by atoms with Crippen molar-refractivity contribution in [3.63, 3.8) is 0 Å². The van der Waals surface area contributed by atoms with E-state index in [4.69, 9.17) is 5.11 Å². The lowest BCUT2D eigenvalue weighted by atomic mass is 9.88. The highest BCUT2D eigenvalue weighted by Gasteiger charge is 2.18. The van der Waals surface area contributed by atoms with Crippen LogP contribution < -0.4 is 5.32 Å². The number of nitrogens with one attached hydrogen (secondary N) is 1. The number of hydrogen-bond acceptors (Lipinski definition) is 3. The second-order valence-electron chi connectivity index (χ2n) is 4.98. The van der Waals surface area contributed by atoms with Crippen LogP contribution in [0.25, 0.3) is 0 Å². The smallest absolute Gasteiger partial charge is 0.133 e. The lowest BCUT2D eigenvalue weighted by Gasteiger charge is -2.28. The van der Waals surface area contributed by atoms with Gasteiger partial charge in [0, 0.05) is 12.6 Å². The Morgan fingerprint density at radius 3 is 2.53 bits per heavy atom. The maximum absolute atomic E-state index is 9.08. The molecule has 0 radical (unpaired) electrons. The van der Waals surface area contributed by atoms with Crippen LogP contribution in [0.3, 0.4) is 0 Å². The molecule has 0 amide bonds. The number of rotatable bonds is 3. The van der Waals surface area contributed by atoms with Crippen molar-refractivity contribution in [2.24, 2.45) is 5.41 Å². The molecule has 0 aromatic carbocycles. The third kappa shape index (κ3) is 3.88. The Kier molecular flexibility index (Phi) is 3.69. The van der Waals surface area contributed by atoms with E-state index in [1.165, 1.54) is 6.20 Å². The number of pyridine rings is 1. The standard InChI is InChI=1S/C12H20N2O/c1-9(12(2,3)4)13-7-10-5-6-11(15)8-14-10/h5-6,8-9,13,15H,7H2,1-4H3. The molecule has 0 aliphatic heterocycles. The molecular weight excluding hydrogens is 188 g/mol. The molecule has 0 aliphatic rings. The molecule has 1 aromatic rings. The van der Waals surface area contributed by atoms with Crippen LogP contribution in [0.5, 0.6) is 5.75 Å². The van der Waals surface area contributed by atoms with E-state index in [0.717, 1.165) is 12.2 Å². The van der Waals surface area contributed by atoms with Gasteiger partial charge in [-0.2, -0.15) is 0 Å². The molecule has 0 saturated heterocycles. The molecule has 1 atom stereocenters. The Morgan fingerprint density at radius 1 is 1.40 bits per heavy atom. The summed E-state index contributed by atoms with van der Waals surface area (Å²) in [4.78, 5) is 4.12. The fraction of sp³-hybridized carbons (Fsp3) is 0.583. The van der Waals surface area contributed by atoms with Crippen molar-refractivity contribution in [1.29, 1.82) is 0 Å². The van der Waals surface area contributed by atoms with Gasteiger partial charge in [-0.1, -0.05) is 20.8 Å². The minimum absolute atomic E-state index is 0.211. The first-order valence-electron chi connectivity index (χ1n) is 5.27. The highest BCUT2D eigenvalue weighted by atomic mass is 16.3. The molecule has 3 nitrogen and oxygen atoms in total. The predicted octanol–water partition coefficient (Wildman–Crippen LogP) is 2.31. The third-order valence-electron chi connectivity index (χ3n) is 2.70. The summed E-state index contributed by atoms with van der Waals surface area (Å²) in [7, 11) is 0. The van der Waals surface area contributed by atoms with Crippen LogP contribution >= 0.6 is 0 Å². The van der Waals surface area contributed by atoms with Crippen molar-refractivity contribution in [3.05, 3.63) is 24.0 Å². The number of aromatic hydroxyl groups is 1. The zero-order valence-corrected chi connectivity index (χ0v) is 9.91. The minimum Gasteiger partial charge on any atom is -0.506 e. The van der Waals surface area contributed by atoms with Gasteiger partial charge < -0.3 is 10.4 Å². The molecule has 0 bridgehead atoms. The normalized spacial score (nSPS) is 13.9. The lowest BCUT2D eigenvalue weighted by molar-refractivity contribution is 0.284. The van der Waals surface area contributed by atoms with Gasteiger partial charge in [-0.05, 0) is 24.5 Å². The largest absolute Gasteiger partial charge is 0.506 e. The first-order valence-corrected chi connectivity index (χ1v) is 5.27. The molecule has 0 saturated carbocycles. The van der Waals surface area contributed by atoms with E-state index in [-0.39, 0.29) is 11.2 Å². The van der Waals surface area contributed by atoms with Gasteiger partial charge in [0.05, 0.1) is 11.9 Å². The van der Waals surface area contributed by atoms with E-state index in [9.17, 15) is 0 Å². The molecule has 3 heteroatoms. The molecule has 0 spiro atoms. The molecular formula is C12H20N2O. The lowest BCUT2D eigenvalue weighted by Crippen LogP contribution is -2.37. The Morgan fingerprint density at radius 2 is 2.07 bits per heavy atom. The summed E-state index contributed by atoms with van der Waals surface area (Å²) in [6.07, 6.45) is 1.47. The maximum atomic E-state index is 9.08. The first-order chi connectivity index (χ1) is 6.89. The summed E-state index contributed by atoms with van der Waals surface area (Å²) in [5.74, 6) is 0.211. The van der Waals surface area contributed by atoms with Crippen molar-refractivity contribution >= 4 is 0 Å². The van der Waals surface area contributed by atoms with Crippen molar-refractivity contribution in [3.8, 4) is 5.75 Å². The van der Waals surface area contributed by atoms with Crippen LogP contribution in [0.15, 0.2) is 18.3 Å². The monoisotopic (exact) mass is 208 g/mol. The number of hydrogen-bond donors (Lipinski definition) is 2. The molecule has 84 valence electrons. The summed E-state index contributed by atoms with van der Waals surface area (Å²) < 4.78 is 0. The van der Waals surface area contributed by atoms with E-state index in [1.807, 2.05) is 6.07 Å². The summed E-state index contributed by atoms with van der Waals surface area (Å²) in [6, 6.07) is 3.91. The van der Waals surface area contributed by atoms with Gasteiger partial charge in [-0.25, -0.2) is 0 Å². The zero-order chi connectivity index (χ0) is 11.5. The summed E-state index contributed by atoms with van der Waals surface area (Å²) >= 11 is 0. The van der Waals surface area contributed by atoms with E-state index in [2.05, 4.69) is 38.0 Å². The van der Waals surface area contributed by atoms with Gasteiger partial charge >= 0.3 is 0 Å². The maximum Gasteiger partial charge on any atom is 0.133 e. The quantitative estimate of drug-likeness (QED) is 0.801. The zero-order valence-electron chi connectivity index (χ0n) is 9.91. The average Bonchev–Trinajstić information content (AvgIpc) is 2.15. The molecule has 1 unspecified atom stereocenters. The highest BCUT2D eigenvalue weighted by molar-refractivity contribution is 5.17. The van der Waals surface area contributed by atoms with Crippen molar-refractivity contribution in [1.82, 2.24) is 10.3 Å². The molecule has 0 aliphatic carbocycles. The van der Waals surface area contributed by atoms with Crippen molar-refractivity contribution < 1.29 is 5.11 Å². The number of aromatic nitrogens is 1. The fourth-order valence-corrected chi connectivity index (χ4v) is 1.09. The molecule has 0 fully saturated rings. The van der Waals surface area contributed by atoms with Crippen LogP contribution in [0.1, 0.15) is 33.4 Å².